The van der Waals surface area contributed by atoms with Crippen molar-refractivity contribution in [3.63, 3.8) is 0 Å². The Balaban J connectivity index is 0.00000202. The molecule has 6 aromatic rings. The number of benzene rings is 4. The summed E-state index contributed by atoms with van der Waals surface area (Å²) in [6.07, 6.45) is 0. The molecule has 0 amide bonds. The van der Waals surface area contributed by atoms with Crippen LogP contribution in [0.4, 0.5) is 0 Å². The first-order valence-corrected chi connectivity index (χ1v) is 11.8. The van der Waals surface area contributed by atoms with Crippen molar-refractivity contribution in [1.29, 1.82) is 0 Å². The average Bonchev–Trinajstić information content (AvgIpc) is 2.89. The summed E-state index contributed by atoms with van der Waals surface area (Å²) in [5, 5.41) is 61.3. The molecule has 0 aliphatic carbocycles. The van der Waals surface area contributed by atoms with Crippen molar-refractivity contribution in [1.82, 2.24) is 0 Å². The van der Waals surface area contributed by atoms with E-state index in [2.05, 4.69) is 0 Å². The fraction of sp³-hybridized carbons (Fsp3) is 0.0625. The van der Waals surface area contributed by atoms with Crippen molar-refractivity contribution in [2.24, 2.45) is 0 Å². The van der Waals surface area contributed by atoms with Crippen LogP contribution in [0.1, 0.15) is 14.9 Å². The number of phenolic OH excluding ortho intramolecular Hbond substituents is 6. The van der Waals surface area contributed by atoms with E-state index in [1.165, 1.54) is 48.5 Å². The molecule has 0 unspecified atom stereocenters. The molecule has 0 atom stereocenters. The van der Waals surface area contributed by atoms with Crippen LogP contribution in [0.25, 0.3) is 55.7 Å². The summed E-state index contributed by atoms with van der Waals surface area (Å²) >= 11 is 0. The SMILES string of the molecule is C.C.O=c1cc(-c2ccc(O)c(-c3c(O)cc(O)c4c(=O)cc(-c5ccc(O)cc5)oc34)c2)oc2cc(O)cc(O)c12. The largest absolute Gasteiger partial charge is 0.508 e. The standard InChI is InChI=1S/C30H18O10.2CH4/c31-15-4-1-13(2-5-15)24-12-23(38)29-21(36)10-20(35)27(30(29)40-24)17-7-14(3-6-18(17)33)25-11-22(37)28-19(34)8-16(32)9-26(28)39-25;;/h1-12,31-36H;2*1H4. The number of aromatic hydroxyl groups is 6. The van der Waals surface area contributed by atoms with Gasteiger partial charge in [-0.1, -0.05) is 14.9 Å². The van der Waals surface area contributed by atoms with Crippen LogP contribution in [0.5, 0.6) is 34.5 Å². The predicted molar refractivity (Wildman–Crippen MR) is 158 cm³/mol. The van der Waals surface area contributed by atoms with E-state index < -0.39 is 28.1 Å². The quantitative estimate of drug-likeness (QED) is 0.139. The molecule has 42 heavy (non-hydrogen) atoms. The van der Waals surface area contributed by atoms with Crippen molar-refractivity contribution in [3.8, 4) is 68.3 Å². The highest BCUT2D eigenvalue weighted by atomic mass is 16.3. The van der Waals surface area contributed by atoms with Crippen molar-refractivity contribution >= 4 is 21.9 Å². The molecule has 0 aliphatic rings. The molecule has 4 aromatic carbocycles. The number of fused-ring (bicyclic) bond motifs is 2. The van der Waals surface area contributed by atoms with E-state index in [0.717, 1.165) is 24.3 Å². The maximum Gasteiger partial charge on any atom is 0.197 e. The summed E-state index contributed by atoms with van der Waals surface area (Å²) in [6.45, 7) is 0. The van der Waals surface area contributed by atoms with E-state index in [1.807, 2.05) is 0 Å². The second-order valence-corrected chi connectivity index (χ2v) is 9.06. The highest BCUT2D eigenvalue weighted by Gasteiger charge is 2.23. The smallest absolute Gasteiger partial charge is 0.197 e. The molecule has 0 bridgehead atoms. The maximum atomic E-state index is 13.0. The first-order valence-electron chi connectivity index (χ1n) is 11.8. The van der Waals surface area contributed by atoms with Crippen molar-refractivity contribution < 1.29 is 39.5 Å². The Labute approximate surface area is 237 Å². The molecule has 2 aromatic heterocycles. The number of rotatable bonds is 3. The summed E-state index contributed by atoms with van der Waals surface area (Å²) in [7, 11) is 0. The Morgan fingerprint density at radius 3 is 1.79 bits per heavy atom. The van der Waals surface area contributed by atoms with E-state index >= 15 is 0 Å². The normalized spacial score (nSPS) is 10.8. The molecule has 0 saturated heterocycles. The summed E-state index contributed by atoms with van der Waals surface area (Å²) < 4.78 is 11.7. The molecule has 6 N–H and O–H groups in total. The first kappa shape index (κ1) is 29.1. The summed E-state index contributed by atoms with van der Waals surface area (Å²) in [6, 6.07) is 15.3. The van der Waals surface area contributed by atoms with Gasteiger partial charge in [-0.05, 0) is 42.5 Å². The van der Waals surface area contributed by atoms with Gasteiger partial charge in [0.2, 0.25) is 0 Å². The summed E-state index contributed by atoms with van der Waals surface area (Å²) in [5.41, 5.74) is -0.992. The van der Waals surface area contributed by atoms with Gasteiger partial charge in [0.15, 0.2) is 16.4 Å². The molecule has 0 spiro atoms. The third kappa shape index (κ3) is 4.71. The van der Waals surface area contributed by atoms with Gasteiger partial charge in [0.05, 0.1) is 5.56 Å². The number of hydrogen-bond acceptors (Lipinski definition) is 10. The van der Waals surface area contributed by atoms with Crippen LogP contribution < -0.4 is 10.9 Å². The van der Waals surface area contributed by atoms with Crippen molar-refractivity contribution in [2.75, 3.05) is 0 Å². The molecule has 10 nitrogen and oxygen atoms in total. The fourth-order valence-corrected chi connectivity index (χ4v) is 4.62. The topological polar surface area (TPSA) is 182 Å². The molecule has 10 heteroatoms. The van der Waals surface area contributed by atoms with Gasteiger partial charge in [-0.15, -0.1) is 0 Å². The van der Waals surface area contributed by atoms with Gasteiger partial charge in [0.25, 0.3) is 0 Å². The monoisotopic (exact) mass is 570 g/mol. The molecule has 0 radical (unpaired) electrons. The highest BCUT2D eigenvalue weighted by molar-refractivity contribution is 6.01. The van der Waals surface area contributed by atoms with Crippen molar-refractivity contribution in [3.05, 3.63) is 93.2 Å². The molecule has 0 fully saturated rings. The second-order valence-electron chi connectivity index (χ2n) is 9.06. The zero-order chi connectivity index (χ0) is 28.3. The minimum Gasteiger partial charge on any atom is -0.508 e. The lowest BCUT2D eigenvalue weighted by molar-refractivity contribution is 0.451. The Bertz CT molecular complexity index is 2110. The van der Waals surface area contributed by atoms with Gasteiger partial charge in [0.1, 0.15) is 62.4 Å². The summed E-state index contributed by atoms with van der Waals surface area (Å²) in [5.74, 6) is -2.09. The number of phenols is 6. The minimum atomic E-state index is -0.626. The van der Waals surface area contributed by atoms with Gasteiger partial charge >= 0.3 is 0 Å². The van der Waals surface area contributed by atoms with Crippen LogP contribution in [0.15, 0.2) is 91.2 Å². The molecule has 6 rings (SSSR count). The zero-order valence-electron chi connectivity index (χ0n) is 20.2. The van der Waals surface area contributed by atoms with Gasteiger partial charge in [-0.25, -0.2) is 0 Å². The van der Waals surface area contributed by atoms with E-state index in [9.17, 15) is 40.2 Å². The molecular formula is C32H26O10. The Kier molecular flexibility index (Phi) is 7.33. The van der Waals surface area contributed by atoms with Crippen LogP contribution in [-0.4, -0.2) is 30.6 Å². The fourth-order valence-electron chi connectivity index (χ4n) is 4.62. The molecule has 0 aliphatic heterocycles. The van der Waals surface area contributed by atoms with Crippen molar-refractivity contribution in [2.45, 2.75) is 14.9 Å². The van der Waals surface area contributed by atoms with Crippen LogP contribution in [-0.2, 0) is 0 Å². The number of hydrogen-bond donors (Lipinski definition) is 6. The van der Waals surface area contributed by atoms with Crippen LogP contribution in [0, 0.1) is 0 Å². The zero-order valence-corrected chi connectivity index (χ0v) is 20.2. The van der Waals surface area contributed by atoms with Gasteiger partial charge in [-0.3, -0.25) is 9.59 Å². The van der Waals surface area contributed by atoms with E-state index in [0.29, 0.717) is 5.56 Å². The second kappa shape index (κ2) is 10.6. The third-order valence-electron chi connectivity index (χ3n) is 6.46. The lowest BCUT2D eigenvalue weighted by atomic mass is 9.97. The summed E-state index contributed by atoms with van der Waals surface area (Å²) in [4.78, 5) is 25.8. The predicted octanol–water partition coefficient (Wildman–Crippen LogP) is 6.41. The lowest BCUT2D eigenvalue weighted by Crippen LogP contribution is -2.02. The van der Waals surface area contributed by atoms with Gasteiger partial charge in [-0.2, -0.15) is 0 Å². The van der Waals surface area contributed by atoms with Crippen LogP contribution >= 0.6 is 0 Å². The van der Waals surface area contributed by atoms with Crippen LogP contribution in [0.3, 0.4) is 0 Å². The third-order valence-corrected chi connectivity index (χ3v) is 6.46. The average molecular weight is 571 g/mol. The maximum absolute atomic E-state index is 13.0. The molecule has 2 heterocycles. The Morgan fingerprint density at radius 2 is 1.10 bits per heavy atom. The Morgan fingerprint density at radius 1 is 0.500 bits per heavy atom. The molecule has 214 valence electrons. The van der Waals surface area contributed by atoms with Crippen LogP contribution in [0.2, 0.25) is 0 Å². The van der Waals surface area contributed by atoms with E-state index in [1.54, 1.807) is 0 Å². The Hall–Kier alpha value is -5.90. The van der Waals surface area contributed by atoms with Gasteiger partial charge < -0.3 is 39.5 Å². The lowest BCUT2D eigenvalue weighted by Gasteiger charge is -2.14. The van der Waals surface area contributed by atoms with E-state index in [4.69, 9.17) is 8.83 Å². The highest BCUT2D eigenvalue weighted by Crippen LogP contribution is 2.45. The minimum absolute atomic E-state index is 0. The molecular weight excluding hydrogens is 544 g/mol. The first-order chi connectivity index (χ1) is 19.1. The molecule has 0 saturated carbocycles. The van der Waals surface area contributed by atoms with E-state index in [-0.39, 0.29) is 82.3 Å². The van der Waals surface area contributed by atoms with Gasteiger partial charge in [0, 0.05) is 47.0 Å².